The van der Waals surface area contributed by atoms with Crippen LogP contribution in [0.2, 0.25) is 0 Å². The molecule has 3 fully saturated rings. The van der Waals surface area contributed by atoms with E-state index in [1.54, 1.807) is 23.9 Å². The monoisotopic (exact) mass is 704 g/mol. The van der Waals surface area contributed by atoms with E-state index in [1.807, 2.05) is 49.4 Å². The molecule has 50 heavy (non-hydrogen) atoms. The number of rotatable bonds is 8. The fraction of sp³-hybridized carbons (Fsp3) is 0.543. The van der Waals surface area contributed by atoms with Gasteiger partial charge in [-0.25, -0.2) is 18.4 Å². The molecule has 2 aliphatic heterocycles. The second-order valence-electron chi connectivity index (χ2n) is 14.1. The summed E-state index contributed by atoms with van der Waals surface area (Å²) in [6.45, 7) is 4.17. The molecular weight excluding hydrogens is 661 g/mol. The third kappa shape index (κ3) is 6.54. The second-order valence-corrected chi connectivity index (χ2v) is 16.3. The van der Waals surface area contributed by atoms with E-state index in [4.69, 9.17) is 4.74 Å². The summed E-state index contributed by atoms with van der Waals surface area (Å²) in [4.78, 5) is 57.4. The summed E-state index contributed by atoms with van der Waals surface area (Å²) >= 11 is 0. The number of imidazole rings is 1. The topological polar surface area (TPSA) is 178 Å². The van der Waals surface area contributed by atoms with E-state index in [1.165, 1.54) is 4.90 Å². The minimum absolute atomic E-state index is 0.104. The molecule has 3 aromatic rings. The Balaban J connectivity index is 1.20. The van der Waals surface area contributed by atoms with E-state index in [9.17, 15) is 22.8 Å². The van der Waals surface area contributed by atoms with Crippen molar-refractivity contribution in [2.75, 3.05) is 11.9 Å². The Hall–Kier alpha value is -4.53. The van der Waals surface area contributed by atoms with Crippen molar-refractivity contribution in [1.29, 1.82) is 0 Å². The van der Waals surface area contributed by atoms with Crippen molar-refractivity contribution in [3.8, 4) is 6.01 Å². The van der Waals surface area contributed by atoms with Crippen molar-refractivity contribution in [3.05, 3.63) is 54.9 Å². The fourth-order valence-corrected chi connectivity index (χ4v) is 8.35. The van der Waals surface area contributed by atoms with Crippen molar-refractivity contribution in [2.24, 2.45) is 5.92 Å². The number of carbonyl (C=O) groups excluding carboxylic acids is 3. The maximum absolute atomic E-state index is 14.5. The standard InChI is InChI=1S/C35H44N8O6S/c1-3-42-29-28(36-18-19-37-29)39-33(42)49-25-20-27-30(44)40-35(32(46)41-50(47,48)34(2)16-17-34)21-23(35)12-8-5-4-6-11-15-26(31(45)43(27)22-25)38-24-13-9-7-10-14-24/h7-10,12-14,18-19,23,25-27,38H,3-6,11,15-17,20-22H2,1-2H3,(H,40,44)(H,41,46)/t23-,25-,26+,27+,35-/m1/s1. The highest BCUT2D eigenvalue weighted by molar-refractivity contribution is 7.91. The molecule has 2 saturated carbocycles. The number of anilines is 1. The first-order chi connectivity index (χ1) is 24.0. The van der Waals surface area contributed by atoms with Crippen LogP contribution in [0.25, 0.3) is 11.3 Å². The SMILES string of the molecule is CCn1c(O[C@@H]2C[C@H]3C(=O)N[C@]4(C(=O)NS(=O)(=O)C5(C)CC5)C[C@H]4C=CCCCCC[C@H](Nc4ccccc4)C(=O)N3C2)nc2nccnc21. The van der Waals surface area contributed by atoms with Crippen LogP contribution >= 0.6 is 0 Å². The normalized spacial score (nSPS) is 28.1. The van der Waals surface area contributed by atoms with Gasteiger partial charge in [0.25, 0.3) is 11.9 Å². The van der Waals surface area contributed by atoms with Gasteiger partial charge in [-0.15, -0.1) is 0 Å². The van der Waals surface area contributed by atoms with Crippen LogP contribution in [0.4, 0.5) is 5.69 Å². The number of sulfonamides is 1. The number of aromatic nitrogens is 4. The quantitative estimate of drug-likeness (QED) is 0.296. The molecule has 0 spiro atoms. The van der Waals surface area contributed by atoms with E-state index in [0.717, 1.165) is 31.4 Å². The number of benzene rings is 1. The molecule has 2 aromatic heterocycles. The summed E-state index contributed by atoms with van der Waals surface area (Å²) in [7, 11) is -3.94. The number of nitrogens with one attached hydrogen (secondary N) is 3. The lowest BCUT2D eigenvalue weighted by Crippen LogP contribution is -2.58. The molecule has 0 radical (unpaired) electrons. The number of fused-ring (bicyclic) bond motifs is 3. The first-order valence-electron chi connectivity index (χ1n) is 17.5. The summed E-state index contributed by atoms with van der Waals surface area (Å²) in [6.07, 6.45) is 11.7. The molecule has 15 heteroatoms. The first kappa shape index (κ1) is 33.9. The van der Waals surface area contributed by atoms with Crippen LogP contribution in [0.1, 0.15) is 71.6 Å². The van der Waals surface area contributed by atoms with E-state index in [0.29, 0.717) is 37.1 Å². The number of amides is 3. The smallest absolute Gasteiger partial charge is 0.300 e. The highest BCUT2D eigenvalue weighted by atomic mass is 32.2. The molecule has 4 heterocycles. The van der Waals surface area contributed by atoms with Gasteiger partial charge in [-0.1, -0.05) is 43.2 Å². The van der Waals surface area contributed by atoms with Gasteiger partial charge in [0.05, 0.1) is 11.3 Å². The number of allylic oxidation sites excluding steroid dienone is 1. The summed E-state index contributed by atoms with van der Waals surface area (Å²) in [5.41, 5.74) is 0.330. The van der Waals surface area contributed by atoms with Gasteiger partial charge in [0.15, 0.2) is 5.65 Å². The van der Waals surface area contributed by atoms with Gasteiger partial charge < -0.3 is 20.3 Å². The molecular formula is C35H44N8O6S. The molecule has 3 N–H and O–H groups in total. The zero-order valence-corrected chi connectivity index (χ0v) is 29.2. The molecule has 14 nitrogen and oxygen atoms in total. The number of hydrogen-bond donors (Lipinski definition) is 3. The Morgan fingerprint density at radius 1 is 1.10 bits per heavy atom. The minimum Gasteiger partial charge on any atom is -0.459 e. The van der Waals surface area contributed by atoms with Crippen LogP contribution in [0, 0.1) is 5.92 Å². The summed E-state index contributed by atoms with van der Waals surface area (Å²) in [5.74, 6) is -1.92. The van der Waals surface area contributed by atoms with Gasteiger partial charge in [0, 0.05) is 37.0 Å². The minimum atomic E-state index is -3.94. The number of ether oxygens (including phenoxy) is 1. The molecule has 5 atom stereocenters. The lowest BCUT2D eigenvalue weighted by Gasteiger charge is -2.30. The predicted octanol–water partition coefficient (Wildman–Crippen LogP) is 3.07. The highest BCUT2D eigenvalue weighted by Gasteiger charge is 2.63. The predicted molar refractivity (Wildman–Crippen MR) is 185 cm³/mol. The number of aryl methyl sites for hydroxylation is 1. The van der Waals surface area contributed by atoms with Gasteiger partial charge in [-0.3, -0.25) is 23.7 Å². The van der Waals surface area contributed by atoms with Crippen LogP contribution < -0.4 is 20.1 Å². The number of para-hydroxylation sites is 1. The molecule has 7 rings (SSSR count). The van der Waals surface area contributed by atoms with Crippen molar-refractivity contribution < 1.29 is 27.5 Å². The van der Waals surface area contributed by atoms with Crippen LogP contribution in [-0.4, -0.2) is 85.6 Å². The van der Waals surface area contributed by atoms with Crippen molar-refractivity contribution in [3.63, 3.8) is 0 Å². The van der Waals surface area contributed by atoms with E-state index in [-0.39, 0.29) is 37.2 Å². The molecule has 1 aromatic carbocycles. The van der Waals surface area contributed by atoms with Gasteiger partial charge >= 0.3 is 0 Å². The van der Waals surface area contributed by atoms with Crippen molar-refractivity contribution >= 4 is 44.7 Å². The first-order valence-corrected chi connectivity index (χ1v) is 19.0. The number of nitrogens with zero attached hydrogens (tertiary/aromatic N) is 5. The lowest BCUT2D eigenvalue weighted by molar-refractivity contribution is -0.140. The largest absolute Gasteiger partial charge is 0.459 e. The van der Waals surface area contributed by atoms with E-state index in [2.05, 4.69) is 30.3 Å². The Morgan fingerprint density at radius 3 is 2.64 bits per heavy atom. The molecule has 1 saturated heterocycles. The lowest BCUT2D eigenvalue weighted by atomic mass is 10.0. The van der Waals surface area contributed by atoms with Crippen LogP contribution in [0.3, 0.4) is 0 Å². The Labute approximate surface area is 291 Å². The molecule has 266 valence electrons. The van der Waals surface area contributed by atoms with Gasteiger partial charge in [0.2, 0.25) is 27.5 Å². The Kier molecular flexibility index (Phi) is 9.03. The maximum Gasteiger partial charge on any atom is 0.300 e. The van der Waals surface area contributed by atoms with Crippen molar-refractivity contribution in [1.82, 2.24) is 34.5 Å². The Bertz CT molecular complexity index is 1910. The summed E-state index contributed by atoms with van der Waals surface area (Å²) in [5, 5.41) is 6.34. The second kappa shape index (κ2) is 13.3. The van der Waals surface area contributed by atoms with Crippen LogP contribution in [-0.2, 0) is 31.0 Å². The van der Waals surface area contributed by atoms with Crippen molar-refractivity contribution in [2.45, 2.75) is 107 Å². The average molecular weight is 705 g/mol. The zero-order chi connectivity index (χ0) is 35.1. The van der Waals surface area contributed by atoms with Crippen LogP contribution in [0.5, 0.6) is 6.01 Å². The zero-order valence-electron chi connectivity index (χ0n) is 28.4. The van der Waals surface area contributed by atoms with E-state index < -0.39 is 50.3 Å². The van der Waals surface area contributed by atoms with Gasteiger partial charge in [-0.05, 0) is 64.5 Å². The number of carbonyl (C=O) groups is 3. The molecule has 4 aliphatic rings. The van der Waals surface area contributed by atoms with Gasteiger partial charge in [-0.2, -0.15) is 4.98 Å². The molecule has 3 amide bonds. The molecule has 0 unspecified atom stereocenters. The molecule has 0 bridgehead atoms. The Morgan fingerprint density at radius 2 is 1.88 bits per heavy atom. The highest BCUT2D eigenvalue weighted by Crippen LogP contribution is 2.47. The summed E-state index contributed by atoms with van der Waals surface area (Å²) in [6, 6.07) is 8.18. The van der Waals surface area contributed by atoms with E-state index >= 15 is 0 Å². The van der Waals surface area contributed by atoms with Crippen LogP contribution in [0.15, 0.2) is 54.9 Å². The van der Waals surface area contributed by atoms with Gasteiger partial charge in [0.1, 0.15) is 23.7 Å². The third-order valence-corrected chi connectivity index (χ3v) is 12.7. The fourth-order valence-electron chi connectivity index (χ4n) is 7.04. The summed E-state index contributed by atoms with van der Waals surface area (Å²) < 4.78 is 35.7. The average Bonchev–Trinajstić information content (AvgIpc) is 3.93. The maximum atomic E-state index is 14.5. The third-order valence-electron chi connectivity index (χ3n) is 10.5. The number of hydrogen-bond acceptors (Lipinski definition) is 10. The molecule has 2 aliphatic carbocycles.